The number of hydrogen-bond donors (Lipinski definition) is 1. The van der Waals surface area contributed by atoms with Gasteiger partial charge in [0.1, 0.15) is 23.4 Å². The van der Waals surface area contributed by atoms with Crippen molar-refractivity contribution in [3.63, 3.8) is 0 Å². The van der Waals surface area contributed by atoms with Crippen LogP contribution in [0.15, 0.2) is 78.9 Å². The largest absolute Gasteiger partial charge is 0.457 e. The standard InChI is InChI=1S/C33H37N3O2/c37-33(34-26-14-6-2-7-15-26)31(24-12-4-1-5-13-24)36-30-19-11-10-18-29(30)35-32(36)25-20-22-28(23-21-25)38-27-16-8-3-9-17-27/h3,8-11,16-24,26,31H,1-2,4-7,12-15H2,(H,34,37). The fraction of sp³-hybridized carbons (Fsp3) is 0.394. The van der Waals surface area contributed by atoms with Gasteiger partial charge < -0.3 is 14.6 Å². The van der Waals surface area contributed by atoms with Crippen LogP contribution < -0.4 is 10.1 Å². The minimum absolute atomic E-state index is 0.164. The molecule has 5 nitrogen and oxygen atoms in total. The van der Waals surface area contributed by atoms with Gasteiger partial charge in [0.2, 0.25) is 5.91 Å². The molecule has 1 amide bonds. The summed E-state index contributed by atoms with van der Waals surface area (Å²) in [5, 5.41) is 3.48. The van der Waals surface area contributed by atoms with E-state index in [-0.39, 0.29) is 18.0 Å². The van der Waals surface area contributed by atoms with Crippen LogP contribution in [0.5, 0.6) is 11.5 Å². The minimum atomic E-state index is -0.264. The second-order valence-corrected chi connectivity index (χ2v) is 10.9. The average molecular weight is 508 g/mol. The van der Waals surface area contributed by atoms with E-state index in [0.717, 1.165) is 59.6 Å². The SMILES string of the molecule is O=C(NC1CCCCC1)C(C1CCCCC1)n1c(-c2ccc(Oc3ccccc3)cc2)nc2ccccc21. The van der Waals surface area contributed by atoms with Crippen molar-refractivity contribution in [2.75, 3.05) is 0 Å². The number of carbonyl (C=O) groups excluding carboxylic acids is 1. The zero-order valence-electron chi connectivity index (χ0n) is 22.0. The van der Waals surface area contributed by atoms with Crippen molar-refractivity contribution in [2.24, 2.45) is 5.92 Å². The summed E-state index contributed by atoms with van der Waals surface area (Å²) >= 11 is 0. The molecule has 0 radical (unpaired) electrons. The van der Waals surface area contributed by atoms with E-state index in [9.17, 15) is 4.79 Å². The molecule has 196 valence electrons. The topological polar surface area (TPSA) is 56.2 Å². The third-order valence-corrected chi connectivity index (χ3v) is 8.28. The zero-order chi connectivity index (χ0) is 25.7. The van der Waals surface area contributed by atoms with Crippen molar-refractivity contribution in [3.05, 3.63) is 78.9 Å². The molecule has 0 aliphatic heterocycles. The average Bonchev–Trinajstić information content (AvgIpc) is 3.34. The Bertz CT molecular complexity index is 1350. The van der Waals surface area contributed by atoms with Crippen molar-refractivity contribution in [1.29, 1.82) is 0 Å². The van der Waals surface area contributed by atoms with Gasteiger partial charge in [-0.15, -0.1) is 0 Å². The van der Waals surface area contributed by atoms with Crippen molar-refractivity contribution < 1.29 is 9.53 Å². The first-order valence-corrected chi connectivity index (χ1v) is 14.4. The molecule has 1 heterocycles. The lowest BCUT2D eigenvalue weighted by Crippen LogP contribution is -2.43. The lowest BCUT2D eigenvalue weighted by Gasteiger charge is -2.33. The Labute approximate surface area is 225 Å². The van der Waals surface area contributed by atoms with Gasteiger partial charge in [0.15, 0.2) is 0 Å². The fourth-order valence-corrected chi connectivity index (χ4v) is 6.35. The smallest absolute Gasteiger partial charge is 0.243 e. The molecular weight excluding hydrogens is 470 g/mol. The van der Waals surface area contributed by atoms with E-state index < -0.39 is 0 Å². The van der Waals surface area contributed by atoms with Crippen LogP contribution in [-0.2, 0) is 4.79 Å². The number of aromatic nitrogens is 2. The highest BCUT2D eigenvalue weighted by Gasteiger charge is 2.35. The Morgan fingerprint density at radius 1 is 0.763 bits per heavy atom. The maximum Gasteiger partial charge on any atom is 0.243 e. The van der Waals surface area contributed by atoms with E-state index in [2.05, 4.69) is 40.2 Å². The molecule has 1 aromatic heterocycles. The molecule has 5 heteroatoms. The molecule has 3 aromatic carbocycles. The highest BCUT2D eigenvalue weighted by molar-refractivity contribution is 5.87. The lowest BCUT2D eigenvalue weighted by molar-refractivity contribution is -0.127. The van der Waals surface area contributed by atoms with E-state index >= 15 is 0 Å². The van der Waals surface area contributed by atoms with Gasteiger partial charge in [-0.05, 0) is 80.1 Å². The molecular formula is C33H37N3O2. The van der Waals surface area contributed by atoms with Gasteiger partial charge in [0.25, 0.3) is 0 Å². The first-order chi connectivity index (χ1) is 18.8. The maximum absolute atomic E-state index is 14.1. The summed E-state index contributed by atoms with van der Waals surface area (Å²) in [5.74, 6) is 2.92. The Morgan fingerprint density at radius 2 is 1.39 bits per heavy atom. The Balaban J connectivity index is 1.38. The molecule has 2 saturated carbocycles. The summed E-state index contributed by atoms with van der Waals surface area (Å²) in [6, 6.07) is 26.2. The zero-order valence-corrected chi connectivity index (χ0v) is 22.0. The number of hydrogen-bond acceptors (Lipinski definition) is 3. The molecule has 38 heavy (non-hydrogen) atoms. The first-order valence-electron chi connectivity index (χ1n) is 14.4. The van der Waals surface area contributed by atoms with Gasteiger partial charge in [-0.25, -0.2) is 4.98 Å². The monoisotopic (exact) mass is 507 g/mol. The predicted molar refractivity (Wildman–Crippen MR) is 152 cm³/mol. The van der Waals surface area contributed by atoms with Crippen molar-refractivity contribution in [1.82, 2.24) is 14.9 Å². The van der Waals surface area contributed by atoms with Crippen LogP contribution in [0, 0.1) is 5.92 Å². The number of nitrogens with zero attached hydrogens (tertiary/aromatic N) is 2. The maximum atomic E-state index is 14.1. The number of imidazole rings is 1. The molecule has 0 spiro atoms. The Hall–Kier alpha value is -3.60. The summed E-state index contributed by atoms with van der Waals surface area (Å²) in [6.07, 6.45) is 11.7. The van der Waals surface area contributed by atoms with Crippen LogP contribution in [-0.4, -0.2) is 21.5 Å². The number of para-hydroxylation sites is 3. The van der Waals surface area contributed by atoms with Gasteiger partial charge in [-0.1, -0.05) is 68.9 Å². The van der Waals surface area contributed by atoms with Crippen LogP contribution >= 0.6 is 0 Å². The number of benzene rings is 3. The van der Waals surface area contributed by atoms with Gasteiger partial charge in [0.05, 0.1) is 11.0 Å². The van der Waals surface area contributed by atoms with E-state index in [0.29, 0.717) is 5.92 Å². The predicted octanol–water partition coefficient (Wildman–Crippen LogP) is 8.07. The normalized spacial score (nSPS) is 17.8. The summed E-state index contributed by atoms with van der Waals surface area (Å²) in [5.41, 5.74) is 2.95. The molecule has 0 saturated heterocycles. The van der Waals surface area contributed by atoms with E-state index in [1.165, 1.54) is 38.5 Å². The molecule has 2 aliphatic carbocycles. The molecule has 2 aliphatic rings. The molecule has 1 unspecified atom stereocenters. The summed E-state index contributed by atoms with van der Waals surface area (Å²) in [7, 11) is 0. The number of fused-ring (bicyclic) bond motifs is 1. The van der Waals surface area contributed by atoms with Crippen LogP contribution in [0.2, 0.25) is 0 Å². The highest BCUT2D eigenvalue weighted by atomic mass is 16.5. The van der Waals surface area contributed by atoms with Gasteiger partial charge >= 0.3 is 0 Å². The number of nitrogens with one attached hydrogen (secondary N) is 1. The molecule has 2 fully saturated rings. The lowest BCUT2D eigenvalue weighted by atomic mass is 9.82. The van der Waals surface area contributed by atoms with Crippen LogP contribution in [0.1, 0.15) is 70.3 Å². The molecule has 0 bridgehead atoms. The summed E-state index contributed by atoms with van der Waals surface area (Å²) in [6.45, 7) is 0. The summed E-state index contributed by atoms with van der Waals surface area (Å²) in [4.78, 5) is 19.2. The third-order valence-electron chi connectivity index (χ3n) is 8.28. The molecule has 1 atom stereocenters. The van der Waals surface area contributed by atoms with Crippen molar-refractivity contribution in [3.8, 4) is 22.9 Å². The summed E-state index contributed by atoms with van der Waals surface area (Å²) < 4.78 is 8.28. The Morgan fingerprint density at radius 3 is 2.13 bits per heavy atom. The van der Waals surface area contributed by atoms with Gasteiger partial charge in [-0.3, -0.25) is 4.79 Å². The third kappa shape index (κ3) is 5.33. The quantitative estimate of drug-likeness (QED) is 0.275. The number of amides is 1. The van der Waals surface area contributed by atoms with Crippen LogP contribution in [0.4, 0.5) is 0 Å². The number of ether oxygens (including phenoxy) is 1. The van der Waals surface area contributed by atoms with Crippen molar-refractivity contribution in [2.45, 2.75) is 76.3 Å². The van der Waals surface area contributed by atoms with Crippen LogP contribution in [0.3, 0.4) is 0 Å². The first kappa shape index (κ1) is 24.7. The minimum Gasteiger partial charge on any atom is -0.457 e. The van der Waals surface area contributed by atoms with Crippen molar-refractivity contribution >= 4 is 16.9 Å². The number of rotatable bonds is 7. The van der Waals surface area contributed by atoms with Gasteiger partial charge in [0, 0.05) is 11.6 Å². The van der Waals surface area contributed by atoms with Crippen LogP contribution in [0.25, 0.3) is 22.4 Å². The molecule has 6 rings (SSSR count). The van der Waals surface area contributed by atoms with Gasteiger partial charge in [-0.2, -0.15) is 0 Å². The van der Waals surface area contributed by atoms with E-state index in [1.807, 2.05) is 48.5 Å². The molecule has 1 N–H and O–H groups in total. The Kier molecular flexibility index (Phi) is 7.43. The second-order valence-electron chi connectivity index (χ2n) is 10.9. The number of carbonyl (C=O) groups is 1. The highest BCUT2D eigenvalue weighted by Crippen LogP contribution is 2.39. The fourth-order valence-electron chi connectivity index (χ4n) is 6.35. The second kappa shape index (κ2) is 11.4. The molecule has 4 aromatic rings. The van der Waals surface area contributed by atoms with E-state index in [1.54, 1.807) is 0 Å². The van der Waals surface area contributed by atoms with E-state index in [4.69, 9.17) is 9.72 Å².